The van der Waals surface area contributed by atoms with Crippen LogP contribution in [0.15, 0.2) is 11.1 Å². The van der Waals surface area contributed by atoms with Gasteiger partial charge in [-0.1, -0.05) is 26.3 Å². The molecule has 0 radical (unpaired) electrons. The Morgan fingerprint density at radius 2 is 1.77 bits per heavy atom. The van der Waals surface area contributed by atoms with E-state index in [9.17, 15) is 29.7 Å². The Kier molecular flexibility index (Phi) is 6.54. The number of cyclic esters (lactones) is 1. The molecule has 2 saturated heterocycles. The van der Waals surface area contributed by atoms with Crippen LogP contribution in [0.1, 0.15) is 67.2 Å². The molecule has 16 atom stereocenters. The lowest BCUT2D eigenvalue weighted by Gasteiger charge is -2.63. The fourth-order valence-corrected chi connectivity index (χ4v) is 11.1. The highest BCUT2D eigenvalue weighted by Gasteiger charge is 2.83. The second-order valence-electron chi connectivity index (χ2n) is 14.8. The van der Waals surface area contributed by atoms with Gasteiger partial charge < -0.3 is 39.0 Å². The van der Waals surface area contributed by atoms with Gasteiger partial charge in [0.15, 0.2) is 0 Å². The molecule has 0 bridgehead atoms. The van der Waals surface area contributed by atoms with E-state index in [1.165, 1.54) is 13.8 Å². The van der Waals surface area contributed by atoms with Gasteiger partial charge in [0.05, 0.1) is 30.5 Å². The van der Waals surface area contributed by atoms with E-state index >= 15 is 0 Å². The lowest BCUT2D eigenvalue weighted by molar-refractivity contribution is -0.250. The molecule has 7 aliphatic rings. The number of aliphatic hydroxyl groups is 3. The summed E-state index contributed by atoms with van der Waals surface area (Å²) in [6.45, 7) is 10.2. The molecule has 3 aliphatic heterocycles. The van der Waals surface area contributed by atoms with Crippen molar-refractivity contribution >= 4 is 17.9 Å². The number of hydrogen-bond donors (Lipinski definition) is 3. The number of carbonyl (C=O) groups is 3. The molecular formula is C32H44O11. The Hall–Kier alpha value is -2.05. The summed E-state index contributed by atoms with van der Waals surface area (Å²) in [7, 11) is 0. The van der Waals surface area contributed by atoms with E-state index in [1.807, 2.05) is 20.8 Å². The molecule has 0 aromatic carbocycles. The Morgan fingerprint density at radius 3 is 2.40 bits per heavy atom. The van der Waals surface area contributed by atoms with Crippen LogP contribution >= 0.6 is 0 Å². The molecule has 3 N–H and O–H groups in total. The predicted octanol–water partition coefficient (Wildman–Crippen LogP) is 1.44. The van der Waals surface area contributed by atoms with Gasteiger partial charge in [0.2, 0.25) is 0 Å². The van der Waals surface area contributed by atoms with Crippen LogP contribution in [0.25, 0.3) is 0 Å². The van der Waals surface area contributed by atoms with E-state index in [1.54, 1.807) is 0 Å². The molecule has 238 valence electrons. The summed E-state index contributed by atoms with van der Waals surface area (Å²) < 4.78 is 30.2. The zero-order valence-electron chi connectivity index (χ0n) is 25.6. The average Bonchev–Trinajstić information content (AvgIpc) is 3.83. The molecule has 7 rings (SSSR count). The first-order valence-electron chi connectivity index (χ1n) is 15.7. The van der Waals surface area contributed by atoms with Crippen LogP contribution in [0.3, 0.4) is 0 Å². The van der Waals surface area contributed by atoms with Crippen molar-refractivity contribution in [2.75, 3.05) is 6.61 Å². The van der Waals surface area contributed by atoms with Gasteiger partial charge in [0, 0.05) is 43.4 Å². The summed E-state index contributed by atoms with van der Waals surface area (Å²) >= 11 is 0. The van der Waals surface area contributed by atoms with Gasteiger partial charge in [0.25, 0.3) is 0 Å². The van der Waals surface area contributed by atoms with E-state index in [0.717, 1.165) is 5.57 Å². The first-order chi connectivity index (χ1) is 20.2. The van der Waals surface area contributed by atoms with Gasteiger partial charge in [-0.15, -0.1) is 0 Å². The first kappa shape index (κ1) is 29.6. The van der Waals surface area contributed by atoms with Crippen molar-refractivity contribution in [3.8, 4) is 0 Å². The Labute approximate surface area is 251 Å². The van der Waals surface area contributed by atoms with Crippen molar-refractivity contribution in [1.29, 1.82) is 0 Å². The van der Waals surface area contributed by atoms with E-state index in [-0.39, 0.29) is 60.1 Å². The van der Waals surface area contributed by atoms with Crippen molar-refractivity contribution < 1.29 is 53.4 Å². The van der Waals surface area contributed by atoms with Gasteiger partial charge in [-0.3, -0.25) is 9.59 Å². The van der Waals surface area contributed by atoms with Crippen LogP contribution in [0.4, 0.5) is 0 Å². The smallest absolute Gasteiger partial charge is 0.336 e. The number of hydrogen-bond acceptors (Lipinski definition) is 11. The number of esters is 3. The minimum Gasteiger partial charge on any atom is -0.462 e. The molecule has 0 aromatic rings. The lowest BCUT2D eigenvalue weighted by Crippen LogP contribution is -2.72. The van der Waals surface area contributed by atoms with E-state index in [2.05, 4.69) is 6.92 Å². The van der Waals surface area contributed by atoms with E-state index in [4.69, 9.17) is 23.7 Å². The average molecular weight is 605 g/mol. The highest BCUT2D eigenvalue weighted by molar-refractivity contribution is 5.90. The third kappa shape index (κ3) is 3.87. The van der Waals surface area contributed by atoms with Crippen molar-refractivity contribution in [2.24, 2.45) is 40.4 Å². The maximum Gasteiger partial charge on any atom is 0.336 e. The second kappa shape index (κ2) is 9.48. The van der Waals surface area contributed by atoms with Gasteiger partial charge in [0.1, 0.15) is 36.1 Å². The normalized spacial score (nSPS) is 53.3. The summed E-state index contributed by atoms with van der Waals surface area (Å²) in [5.74, 6) is -2.56. The third-order valence-corrected chi connectivity index (χ3v) is 13.1. The number of ether oxygens (including phenoxy) is 5. The van der Waals surface area contributed by atoms with Crippen LogP contribution in [-0.2, 0) is 38.1 Å². The van der Waals surface area contributed by atoms with Crippen molar-refractivity contribution in [2.45, 2.75) is 122 Å². The number of carbonyl (C=O) groups excluding carboxylic acids is 3. The highest BCUT2D eigenvalue weighted by Crippen LogP contribution is 2.74. The third-order valence-electron chi connectivity index (χ3n) is 13.1. The van der Waals surface area contributed by atoms with Crippen molar-refractivity contribution in [1.82, 2.24) is 0 Å². The maximum atomic E-state index is 12.7. The lowest BCUT2D eigenvalue weighted by atomic mass is 9.41. The number of rotatable bonds is 5. The Bertz CT molecular complexity index is 1280. The fraction of sp³-hybridized carbons (Fsp3) is 0.844. The second-order valence-corrected chi connectivity index (χ2v) is 14.8. The predicted molar refractivity (Wildman–Crippen MR) is 147 cm³/mol. The molecule has 4 saturated carbocycles. The number of epoxide rings is 2. The van der Waals surface area contributed by atoms with Crippen molar-refractivity contribution in [3.63, 3.8) is 0 Å². The van der Waals surface area contributed by atoms with Gasteiger partial charge in [-0.25, -0.2) is 4.79 Å². The van der Waals surface area contributed by atoms with E-state index in [0.29, 0.717) is 25.7 Å². The zero-order valence-corrected chi connectivity index (χ0v) is 25.6. The molecule has 6 fully saturated rings. The Balaban J connectivity index is 1.29. The fourth-order valence-electron chi connectivity index (χ4n) is 11.1. The minimum atomic E-state index is -1.29. The van der Waals surface area contributed by atoms with Crippen LogP contribution in [0.2, 0.25) is 0 Å². The number of fused-ring (bicyclic) bond motifs is 9. The minimum absolute atomic E-state index is 0.0937. The monoisotopic (exact) mass is 604 g/mol. The maximum absolute atomic E-state index is 12.7. The first-order valence-corrected chi connectivity index (χ1v) is 15.7. The quantitative estimate of drug-likeness (QED) is 0.236. The number of aliphatic hydroxyl groups excluding tert-OH is 2. The van der Waals surface area contributed by atoms with Crippen LogP contribution in [0, 0.1) is 40.4 Å². The van der Waals surface area contributed by atoms with Crippen LogP contribution in [-0.4, -0.2) is 94.3 Å². The molecule has 3 heterocycles. The van der Waals surface area contributed by atoms with Gasteiger partial charge in [-0.05, 0) is 43.4 Å². The summed E-state index contributed by atoms with van der Waals surface area (Å²) in [5, 5.41) is 33.9. The van der Waals surface area contributed by atoms with Crippen molar-refractivity contribution in [3.05, 3.63) is 11.1 Å². The summed E-state index contributed by atoms with van der Waals surface area (Å²) in [4.78, 5) is 37.7. The zero-order chi connectivity index (χ0) is 31.0. The van der Waals surface area contributed by atoms with Crippen LogP contribution in [0.5, 0.6) is 0 Å². The molecule has 43 heavy (non-hydrogen) atoms. The highest BCUT2D eigenvalue weighted by atomic mass is 16.6. The van der Waals surface area contributed by atoms with Gasteiger partial charge in [-0.2, -0.15) is 0 Å². The summed E-state index contributed by atoms with van der Waals surface area (Å²) in [5.41, 5.74) is -1.88. The molecule has 0 aromatic heterocycles. The molecule has 0 amide bonds. The van der Waals surface area contributed by atoms with E-state index < -0.39 is 64.9 Å². The molecule has 4 aliphatic carbocycles. The Morgan fingerprint density at radius 1 is 1.07 bits per heavy atom. The molecular weight excluding hydrogens is 560 g/mol. The molecule has 11 heteroatoms. The molecule has 11 nitrogen and oxygen atoms in total. The summed E-state index contributed by atoms with van der Waals surface area (Å²) in [6.07, 6.45) is -2.13. The SMILES string of the molecule is CC(=O)O[C@H]1C[C@H]2[C@@H]([C@@H]3O[C@@H]3[C@@]3(O)C[C@@H]4O[C@@H]4[C@H](OC(C)=O)[C@]23C)[C@@H]2C[C@H](O)[C@H]([C@H](C)[C@H]3CC(C)=C(CO)C(=O)O3)C12C. The molecule has 1 unspecified atom stereocenters. The summed E-state index contributed by atoms with van der Waals surface area (Å²) in [6, 6.07) is 0. The largest absolute Gasteiger partial charge is 0.462 e. The standard InChI is InChI=1S/C32H44O11/c1-12-7-20(42-29(37)16(12)11-33)13(2)24-19(36)8-17-23-18(9-22(30(17,24)5)39-14(3)34)31(6)27(40-15(4)35)25-21(41-25)10-32(31,38)28-26(23)43-28/h13,17-28,33,36,38H,7-11H2,1-6H3/t13-,17+,18+,19+,20-,21+,22+,23+,24+,25+,26+,27+,28+,30?,31+,32+/m1/s1. The molecule has 0 spiro atoms. The van der Waals surface area contributed by atoms with Gasteiger partial charge >= 0.3 is 17.9 Å². The topological polar surface area (TPSA) is 165 Å². The van der Waals surface area contributed by atoms with Crippen LogP contribution < -0.4 is 0 Å².